The van der Waals surface area contributed by atoms with Crippen molar-refractivity contribution >= 4 is 11.8 Å². The molecule has 1 unspecified atom stereocenters. The fourth-order valence-electron chi connectivity index (χ4n) is 1.00. The maximum atomic E-state index is 5.27. The van der Waals surface area contributed by atoms with Crippen molar-refractivity contribution in [3.8, 4) is 0 Å². The van der Waals surface area contributed by atoms with Crippen LogP contribution in [0.1, 0.15) is 26.5 Å². The molecule has 0 spiro atoms. The molecule has 0 aliphatic heterocycles. The monoisotopic (exact) mass is 214 g/mol. The van der Waals surface area contributed by atoms with E-state index in [9.17, 15) is 0 Å². The molecule has 0 aliphatic rings. The molecule has 1 N–H and O–H groups in total. The summed E-state index contributed by atoms with van der Waals surface area (Å²) in [5, 5.41) is 4.63. The smallest absolute Gasteiger partial charge is 0.256 e. The van der Waals surface area contributed by atoms with Crippen LogP contribution in [-0.4, -0.2) is 22.8 Å². The molecule has 0 aliphatic carbocycles. The molecule has 4 heteroatoms. The summed E-state index contributed by atoms with van der Waals surface area (Å²) in [4.78, 5) is 4.25. The molecule has 0 saturated heterocycles. The van der Waals surface area contributed by atoms with E-state index in [2.05, 4.69) is 31.1 Å². The summed E-state index contributed by atoms with van der Waals surface area (Å²) in [5.41, 5.74) is 0.941. The Morgan fingerprint density at radius 1 is 1.50 bits per heavy atom. The topological polar surface area (TPSA) is 38.1 Å². The number of nitrogens with one attached hydrogen (secondary N) is 1. The first-order valence-electron chi connectivity index (χ1n) is 4.90. The molecule has 3 nitrogen and oxygen atoms in total. The summed E-state index contributed by atoms with van der Waals surface area (Å²) >= 11 is 1.67. The van der Waals surface area contributed by atoms with Crippen molar-refractivity contribution < 1.29 is 4.42 Å². The number of hydrogen-bond donors (Lipinski definition) is 1. The van der Waals surface area contributed by atoms with Crippen LogP contribution in [0.2, 0.25) is 0 Å². The normalized spacial score (nSPS) is 13.5. The Labute approximate surface area is 89.7 Å². The van der Waals surface area contributed by atoms with E-state index in [1.165, 1.54) is 0 Å². The quantitative estimate of drug-likeness (QED) is 0.764. The number of hydrogen-bond acceptors (Lipinski definition) is 4. The van der Waals surface area contributed by atoms with Crippen molar-refractivity contribution in [3.05, 3.63) is 12.0 Å². The van der Waals surface area contributed by atoms with E-state index in [1.54, 1.807) is 18.0 Å². The Morgan fingerprint density at radius 3 is 2.71 bits per heavy atom. The van der Waals surface area contributed by atoms with Gasteiger partial charge in [0.1, 0.15) is 6.26 Å². The molecule has 1 heterocycles. The molecule has 0 bridgehead atoms. The minimum atomic E-state index is 0.482. The first-order chi connectivity index (χ1) is 6.58. The summed E-state index contributed by atoms with van der Waals surface area (Å²) in [5.74, 6) is 0. The van der Waals surface area contributed by atoms with Crippen molar-refractivity contribution in [1.29, 1.82) is 0 Å². The molecule has 14 heavy (non-hydrogen) atoms. The molecule has 1 aromatic rings. The van der Waals surface area contributed by atoms with Crippen LogP contribution in [0, 0.1) is 6.92 Å². The van der Waals surface area contributed by atoms with Crippen molar-refractivity contribution in [3.63, 3.8) is 0 Å². The number of nitrogens with zero attached hydrogens (tertiary/aromatic N) is 1. The van der Waals surface area contributed by atoms with Gasteiger partial charge in [0.2, 0.25) is 0 Å². The van der Waals surface area contributed by atoms with Gasteiger partial charge in [-0.15, -0.1) is 0 Å². The number of aromatic nitrogens is 1. The number of aryl methyl sites for hydroxylation is 1. The third kappa shape index (κ3) is 4.15. The van der Waals surface area contributed by atoms with Crippen LogP contribution in [0.25, 0.3) is 0 Å². The summed E-state index contributed by atoms with van der Waals surface area (Å²) in [7, 11) is 0. The van der Waals surface area contributed by atoms with Crippen LogP contribution in [0.4, 0.5) is 0 Å². The Hall–Kier alpha value is -0.480. The molecular formula is C10H18N2OS. The molecule has 0 amide bonds. The van der Waals surface area contributed by atoms with E-state index in [-0.39, 0.29) is 0 Å². The standard InChI is InChI=1S/C10H18N2OS/c1-7(2)11-5-9(4)14-10-12-8(3)6-13-10/h6-7,9,11H,5H2,1-4H3. The van der Waals surface area contributed by atoms with Crippen LogP contribution in [0.5, 0.6) is 0 Å². The van der Waals surface area contributed by atoms with Crippen LogP contribution >= 0.6 is 11.8 Å². The highest BCUT2D eigenvalue weighted by atomic mass is 32.2. The van der Waals surface area contributed by atoms with Gasteiger partial charge in [0.25, 0.3) is 5.22 Å². The molecule has 80 valence electrons. The zero-order valence-electron chi connectivity index (χ0n) is 9.20. The van der Waals surface area contributed by atoms with E-state index in [0.717, 1.165) is 17.5 Å². The highest BCUT2D eigenvalue weighted by Crippen LogP contribution is 2.21. The number of oxazole rings is 1. The lowest BCUT2D eigenvalue weighted by molar-refractivity contribution is 0.452. The lowest BCUT2D eigenvalue weighted by atomic mass is 10.3. The average Bonchev–Trinajstić information content (AvgIpc) is 2.48. The largest absolute Gasteiger partial charge is 0.440 e. The lowest BCUT2D eigenvalue weighted by Gasteiger charge is -2.12. The average molecular weight is 214 g/mol. The first kappa shape index (κ1) is 11.6. The fourth-order valence-corrected chi connectivity index (χ4v) is 1.83. The van der Waals surface area contributed by atoms with Gasteiger partial charge in [-0.3, -0.25) is 0 Å². The van der Waals surface area contributed by atoms with Crippen LogP contribution in [0.15, 0.2) is 15.9 Å². The Kier molecular flexibility index (Phi) is 4.48. The van der Waals surface area contributed by atoms with E-state index in [0.29, 0.717) is 11.3 Å². The number of rotatable bonds is 5. The summed E-state index contributed by atoms with van der Waals surface area (Å²) in [6.07, 6.45) is 1.69. The van der Waals surface area contributed by atoms with Crippen LogP contribution in [0.3, 0.4) is 0 Å². The van der Waals surface area contributed by atoms with E-state index < -0.39 is 0 Å². The minimum Gasteiger partial charge on any atom is -0.440 e. The molecule has 0 radical (unpaired) electrons. The third-order valence-corrected chi connectivity index (χ3v) is 2.67. The van der Waals surface area contributed by atoms with Gasteiger partial charge in [-0.05, 0) is 6.92 Å². The molecule has 0 aromatic carbocycles. The molecule has 1 atom stereocenters. The predicted octanol–water partition coefficient (Wildman–Crippen LogP) is 2.46. The highest BCUT2D eigenvalue weighted by Gasteiger charge is 2.08. The fraction of sp³-hybridized carbons (Fsp3) is 0.700. The van der Waals surface area contributed by atoms with Gasteiger partial charge in [-0.1, -0.05) is 32.5 Å². The van der Waals surface area contributed by atoms with Gasteiger partial charge in [0.05, 0.1) is 5.69 Å². The van der Waals surface area contributed by atoms with Gasteiger partial charge in [-0.25, -0.2) is 4.98 Å². The maximum Gasteiger partial charge on any atom is 0.256 e. The summed E-state index contributed by atoms with van der Waals surface area (Å²) < 4.78 is 5.27. The second kappa shape index (κ2) is 5.41. The molecular weight excluding hydrogens is 196 g/mol. The summed E-state index contributed by atoms with van der Waals surface area (Å²) in [6.45, 7) is 9.37. The lowest BCUT2D eigenvalue weighted by Crippen LogP contribution is -2.28. The highest BCUT2D eigenvalue weighted by molar-refractivity contribution is 7.99. The zero-order chi connectivity index (χ0) is 10.6. The van der Waals surface area contributed by atoms with Crippen molar-refractivity contribution in [2.45, 2.75) is 44.2 Å². The van der Waals surface area contributed by atoms with Gasteiger partial charge in [0.15, 0.2) is 0 Å². The molecule has 0 fully saturated rings. The van der Waals surface area contributed by atoms with E-state index >= 15 is 0 Å². The molecule has 1 aromatic heterocycles. The number of thioether (sulfide) groups is 1. The van der Waals surface area contributed by atoms with Crippen LogP contribution < -0.4 is 5.32 Å². The Balaban J connectivity index is 2.30. The third-order valence-electron chi connectivity index (χ3n) is 1.71. The summed E-state index contributed by atoms with van der Waals surface area (Å²) in [6, 6.07) is 0.532. The molecule has 1 rings (SSSR count). The predicted molar refractivity (Wildman–Crippen MR) is 59.7 cm³/mol. The minimum absolute atomic E-state index is 0.482. The van der Waals surface area contributed by atoms with Gasteiger partial charge in [0, 0.05) is 17.8 Å². The van der Waals surface area contributed by atoms with Crippen molar-refractivity contribution in [2.24, 2.45) is 0 Å². The van der Waals surface area contributed by atoms with Gasteiger partial charge < -0.3 is 9.73 Å². The van der Waals surface area contributed by atoms with Gasteiger partial charge >= 0.3 is 0 Å². The van der Waals surface area contributed by atoms with Crippen molar-refractivity contribution in [1.82, 2.24) is 10.3 Å². The SMILES string of the molecule is Cc1coc(SC(C)CNC(C)C)n1. The zero-order valence-corrected chi connectivity index (χ0v) is 10.0. The Morgan fingerprint density at radius 2 is 2.21 bits per heavy atom. The van der Waals surface area contributed by atoms with Gasteiger partial charge in [-0.2, -0.15) is 0 Å². The Bertz CT molecular complexity index is 273. The second-order valence-corrected chi connectivity index (χ2v) is 5.14. The first-order valence-corrected chi connectivity index (χ1v) is 5.78. The second-order valence-electron chi connectivity index (χ2n) is 3.75. The molecule has 0 saturated carbocycles. The van der Waals surface area contributed by atoms with Crippen molar-refractivity contribution in [2.75, 3.05) is 6.54 Å². The maximum absolute atomic E-state index is 5.27. The van der Waals surface area contributed by atoms with E-state index in [1.807, 2.05) is 6.92 Å². The van der Waals surface area contributed by atoms with E-state index in [4.69, 9.17) is 4.42 Å². The van der Waals surface area contributed by atoms with Crippen LogP contribution in [-0.2, 0) is 0 Å².